The summed E-state index contributed by atoms with van der Waals surface area (Å²) in [6, 6.07) is 8.50. The minimum absolute atomic E-state index is 0.179. The molecule has 6 nitrogen and oxygen atoms in total. The van der Waals surface area contributed by atoms with Gasteiger partial charge in [-0.25, -0.2) is 17.8 Å². The van der Waals surface area contributed by atoms with Gasteiger partial charge in [-0.3, -0.25) is 0 Å². The van der Waals surface area contributed by atoms with E-state index in [1.807, 2.05) is 6.92 Å². The number of benzene rings is 2. The Morgan fingerprint density at radius 1 is 1.04 bits per heavy atom. The van der Waals surface area contributed by atoms with Crippen LogP contribution in [0.2, 0.25) is 0 Å². The molecule has 27 heavy (non-hydrogen) atoms. The summed E-state index contributed by atoms with van der Waals surface area (Å²) in [6.45, 7) is 1.82. The number of aromatic nitrogens is 1. The molecule has 0 saturated carbocycles. The van der Waals surface area contributed by atoms with Crippen molar-refractivity contribution in [3.8, 4) is 17.0 Å². The number of rotatable bonds is 5. The van der Waals surface area contributed by atoms with Crippen molar-refractivity contribution >= 4 is 31.3 Å². The molecule has 0 fully saturated rings. The average molecular weight is 428 g/mol. The standard InChI is InChI=1S/C17H14FNO5S3/c1-11-19-16(10-25-11)12-6-7-17(15(18)8-12)24-27(22,23)14-5-3-4-13(9-14)26(2,20)21/h3-10H,1-2H3. The van der Waals surface area contributed by atoms with Gasteiger partial charge in [0.1, 0.15) is 4.90 Å². The Morgan fingerprint density at radius 2 is 1.74 bits per heavy atom. The van der Waals surface area contributed by atoms with Gasteiger partial charge in [-0.15, -0.1) is 11.3 Å². The van der Waals surface area contributed by atoms with Crippen LogP contribution in [0.15, 0.2) is 57.6 Å². The topological polar surface area (TPSA) is 90.4 Å². The largest absolute Gasteiger partial charge is 0.376 e. The van der Waals surface area contributed by atoms with Crippen LogP contribution in [0, 0.1) is 12.7 Å². The Morgan fingerprint density at radius 3 is 2.33 bits per heavy atom. The Kier molecular flexibility index (Phi) is 5.06. The van der Waals surface area contributed by atoms with Crippen LogP contribution in [0.1, 0.15) is 5.01 Å². The molecule has 0 unspecified atom stereocenters. The maximum absolute atomic E-state index is 14.3. The summed E-state index contributed by atoms with van der Waals surface area (Å²) < 4.78 is 67.2. The van der Waals surface area contributed by atoms with Crippen LogP contribution in [0.3, 0.4) is 0 Å². The molecule has 2 aromatic carbocycles. The lowest BCUT2D eigenvalue weighted by Gasteiger charge is -2.09. The predicted octanol–water partition coefficient (Wildman–Crippen LogP) is 3.43. The molecule has 3 aromatic rings. The van der Waals surface area contributed by atoms with Gasteiger partial charge in [-0.1, -0.05) is 6.07 Å². The Balaban J connectivity index is 1.92. The highest BCUT2D eigenvalue weighted by Gasteiger charge is 2.21. The van der Waals surface area contributed by atoms with E-state index in [2.05, 4.69) is 4.98 Å². The van der Waals surface area contributed by atoms with Crippen LogP contribution in [0.25, 0.3) is 11.3 Å². The van der Waals surface area contributed by atoms with Gasteiger partial charge in [0.25, 0.3) is 0 Å². The molecule has 0 bridgehead atoms. The Bertz CT molecular complexity index is 1220. The molecule has 0 N–H and O–H groups in total. The van der Waals surface area contributed by atoms with Crippen molar-refractivity contribution in [2.24, 2.45) is 0 Å². The molecule has 0 spiro atoms. The quantitative estimate of drug-likeness (QED) is 0.580. The molecule has 142 valence electrons. The first kappa shape index (κ1) is 19.5. The second-order valence-corrected chi connectivity index (χ2v) is 10.3. The second kappa shape index (κ2) is 7.02. The van der Waals surface area contributed by atoms with Gasteiger partial charge in [0.15, 0.2) is 21.4 Å². The van der Waals surface area contributed by atoms with Crippen molar-refractivity contribution in [2.75, 3.05) is 6.26 Å². The molecule has 0 aliphatic heterocycles. The van der Waals surface area contributed by atoms with Crippen molar-refractivity contribution in [3.05, 3.63) is 58.7 Å². The summed E-state index contributed by atoms with van der Waals surface area (Å²) in [5.41, 5.74) is 1.06. The number of hydrogen-bond donors (Lipinski definition) is 0. The molecular formula is C17H14FNO5S3. The zero-order chi connectivity index (χ0) is 19.8. The van der Waals surface area contributed by atoms with E-state index in [9.17, 15) is 21.2 Å². The van der Waals surface area contributed by atoms with E-state index in [0.717, 1.165) is 23.4 Å². The third-order valence-electron chi connectivity index (χ3n) is 3.57. The summed E-state index contributed by atoms with van der Waals surface area (Å²) in [5.74, 6) is -1.36. The smallest absolute Gasteiger partial charge is 0.339 e. The van der Waals surface area contributed by atoms with Gasteiger partial charge in [0, 0.05) is 17.2 Å². The number of hydrogen-bond acceptors (Lipinski definition) is 7. The summed E-state index contributed by atoms with van der Waals surface area (Å²) in [5, 5.41) is 2.58. The fourth-order valence-corrected chi connectivity index (χ4v) is 4.60. The third-order valence-corrected chi connectivity index (χ3v) is 6.68. The first-order chi connectivity index (χ1) is 12.6. The van der Waals surface area contributed by atoms with E-state index < -0.39 is 31.5 Å². The highest BCUT2D eigenvalue weighted by atomic mass is 32.2. The van der Waals surface area contributed by atoms with E-state index in [-0.39, 0.29) is 9.79 Å². The van der Waals surface area contributed by atoms with Gasteiger partial charge >= 0.3 is 10.1 Å². The van der Waals surface area contributed by atoms with Crippen molar-refractivity contribution in [3.63, 3.8) is 0 Å². The third kappa shape index (κ3) is 4.34. The maximum Gasteiger partial charge on any atom is 0.339 e. The molecule has 1 aromatic heterocycles. The Labute approximate surface area is 160 Å². The van der Waals surface area contributed by atoms with E-state index in [4.69, 9.17) is 4.18 Å². The second-order valence-electron chi connectivity index (χ2n) is 5.68. The van der Waals surface area contributed by atoms with Gasteiger partial charge in [0.2, 0.25) is 0 Å². The fourth-order valence-electron chi connectivity index (χ4n) is 2.25. The lowest BCUT2D eigenvalue weighted by molar-refractivity contribution is 0.461. The van der Waals surface area contributed by atoms with Gasteiger partial charge in [-0.2, -0.15) is 8.42 Å². The van der Waals surface area contributed by atoms with Gasteiger partial charge < -0.3 is 4.18 Å². The minimum atomic E-state index is -4.41. The van der Waals surface area contributed by atoms with Crippen molar-refractivity contribution < 1.29 is 25.4 Å². The summed E-state index contributed by atoms with van der Waals surface area (Å²) in [6.07, 6.45) is 0.957. The van der Waals surface area contributed by atoms with Crippen molar-refractivity contribution in [1.29, 1.82) is 0 Å². The first-order valence-electron chi connectivity index (χ1n) is 7.53. The molecule has 0 saturated heterocycles. The van der Waals surface area contributed by atoms with Crippen LogP contribution in [0.5, 0.6) is 5.75 Å². The van der Waals surface area contributed by atoms with E-state index >= 15 is 0 Å². The number of thiazole rings is 1. The number of nitrogens with zero attached hydrogens (tertiary/aromatic N) is 1. The molecule has 0 radical (unpaired) electrons. The zero-order valence-electron chi connectivity index (χ0n) is 14.2. The number of aryl methyl sites for hydroxylation is 1. The lowest BCUT2D eigenvalue weighted by Crippen LogP contribution is -2.11. The predicted molar refractivity (Wildman–Crippen MR) is 99.6 cm³/mol. The van der Waals surface area contributed by atoms with Crippen LogP contribution >= 0.6 is 11.3 Å². The van der Waals surface area contributed by atoms with Crippen LogP contribution in [-0.4, -0.2) is 28.1 Å². The minimum Gasteiger partial charge on any atom is -0.376 e. The molecule has 1 heterocycles. The zero-order valence-corrected chi connectivity index (χ0v) is 16.7. The van der Waals surface area contributed by atoms with Gasteiger partial charge in [-0.05, 0) is 43.3 Å². The molecule has 0 aliphatic rings. The Hall–Kier alpha value is -2.30. The SMILES string of the molecule is Cc1nc(-c2ccc(OS(=O)(=O)c3cccc(S(C)(=O)=O)c3)c(F)c2)cs1. The highest BCUT2D eigenvalue weighted by molar-refractivity contribution is 7.90. The van der Waals surface area contributed by atoms with Crippen LogP contribution < -0.4 is 4.18 Å². The normalized spacial score (nSPS) is 12.1. The molecule has 0 amide bonds. The van der Waals surface area contributed by atoms with Crippen LogP contribution in [-0.2, 0) is 20.0 Å². The monoisotopic (exact) mass is 427 g/mol. The summed E-state index contributed by atoms with van der Waals surface area (Å²) in [7, 11) is -8.01. The van der Waals surface area contributed by atoms with Gasteiger partial charge in [0.05, 0.1) is 15.6 Å². The van der Waals surface area contributed by atoms with Crippen molar-refractivity contribution in [2.45, 2.75) is 16.7 Å². The number of sulfone groups is 1. The molecule has 3 rings (SSSR count). The van der Waals surface area contributed by atoms with E-state index in [1.165, 1.54) is 41.7 Å². The average Bonchev–Trinajstić information content (AvgIpc) is 3.02. The first-order valence-corrected chi connectivity index (χ1v) is 11.7. The molecular weight excluding hydrogens is 413 g/mol. The summed E-state index contributed by atoms with van der Waals surface area (Å²) >= 11 is 1.41. The van der Waals surface area contributed by atoms with E-state index in [0.29, 0.717) is 11.3 Å². The lowest BCUT2D eigenvalue weighted by atomic mass is 10.1. The van der Waals surface area contributed by atoms with E-state index in [1.54, 1.807) is 5.38 Å². The van der Waals surface area contributed by atoms with Crippen molar-refractivity contribution in [1.82, 2.24) is 4.98 Å². The molecule has 10 heteroatoms. The van der Waals surface area contributed by atoms with Crippen LogP contribution in [0.4, 0.5) is 4.39 Å². The maximum atomic E-state index is 14.3. The fraction of sp³-hybridized carbons (Fsp3) is 0.118. The highest BCUT2D eigenvalue weighted by Crippen LogP contribution is 2.29. The molecule has 0 atom stereocenters. The summed E-state index contributed by atoms with van der Waals surface area (Å²) in [4.78, 5) is 3.68. The molecule has 0 aliphatic carbocycles. The number of halogens is 1.